The summed E-state index contributed by atoms with van der Waals surface area (Å²) in [6.45, 7) is 4.26. The Morgan fingerprint density at radius 2 is 2.00 bits per heavy atom. The summed E-state index contributed by atoms with van der Waals surface area (Å²) in [6, 6.07) is 9.22. The van der Waals surface area contributed by atoms with Crippen molar-refractivity contribution < 1.29 is 9.52 Å². The third-order valence-electron chi connectivity index (χ3n) is 3.39. The molecule has 0 fully saturated rings. The Kier molecular flexibility index (Phi) is 3.37. The van der Waals surface area contributed by atoms with E-state index in [9.17, 15) is 5.11 Å². The fourth-order valence-electron chi connectivity index (χ4n) is 2.20. The van der Waals surface area contributed by atoms with Crippen LogP contribution >= 0.6 is 15.9 Å². The van der Waals surface area contributed by atoms with Gasteiger partial charge in [-0.05, 0) is 51.7 Å². The maximum Gasteiger partial charge on any atom is 0.231 e. The largest absolute Gasteiger partial charge is 0.506 e. The number of hydrogen-bond acceptors (Lipinski definition) is 4. The minimum Gasteiger partial charge on any atom is -0.506 e. The predicted molar refractivity (Wildman–Crippen MR) is 87.3 cm³/mol. The molecule has 0 radical (unpaired) electrons. The number of nitrogens with zero attached hydrogens (tertiary/aromatic N) is 1. The van der Waals surface area contributed by atoms with E-state index in [0.29, 0.717) is 33.1 Å². The average Bonchev–Trinajstić information content (AvgIpc) is 2.85. The van der Waals surface area contributed by atoms with Crippen molar-refractivity contribution in [2.75, 3.05) is 5.73 Å². The van der Waals surface area contributed by atoms with E-state index in [0.717, 1.165) is 5.52 Å². The normalized spacial score (nSPS) is 11.4. The lowest BCUT2D eigenvalue weighted by molar-refractivity contribution is 0.471. The fourth-order valence-corrected chi connectivity index (χ4v) is 2.68. The zero-order valence-electron chi connectivity index (χ0n) is 11.7. The fraction of sp³-hybridized carbons (Fsp3) is 0.188. The lowest BCUT2D eigenvalue weighted by Crippen LogP contribution is -1.88. The van der Waals surface area contributed by atoms with Crippen molar-refractivity contribution in [1.29, 1.82) is 0 Å². The van der Waals surface area contributed by atoms with E-state index in [1.807, 2.05) is 18.2 Å². The molecule has 0 atom stereocenters. The van der Waals surface area contributed by atoms with Gasteiger partial charge < -0.3 is 15.3 Å². The molecule has 0 amide bonds. The monoisotopic (exact) mass is 346 g/mol. The molecule has 0 aliphatic rings. The lowest BCUT2D eigenvalue weighted by atomic mass is 10.0. The quantitative estimate of drug-likeness (QED) is 0.522. The van der Waals surface area contributed by atoms with Crippen LogP contribution in [0.15, 0.2) is 39.2 Å². The number of nitrogen functional groups attached to an aromatic ring is 1. The van der Waals surface area contributed by atoms with Crippen LogP contribution in [0.5, 0.6) is 5.75 Å². The number of rotatable bonds is 2. The molecule has 3 rings (SSSR count). The first-order chi connectivity index (χ1) is 9.95. The molecule has 1 aromatic heterocycles. The number of nitrogens with two attached hydrogens (primary N) is 1. The van der Waals surface area contributed by atoms with Gasteiger partial charge in [-0.1, -0.05) is 19.9 Å². The van der Waals surface area contributed by atoms with Crippen LogP contribution in [0.25, 0.3) is 22.6 Å². The standard InChI is InChI=1S/C16H15BrN2O2/c1-8(2)9-3-4-14-13(5-9)19-16(21-14)11-6-10(18)7-12(17)15(11)20/h3-8,20H,18H2,1-2H3. The highest BCUT2D eigenvalue weighted by atomic mass is 79.9. The van der Waals surface area contributed by atoms with E-state index in [1.54, 1.807) is 12.1 Å². The topological polar surface area (TPSA) is 72.3 Å². The van der Waals surface area contributed by atoms with Crippen LogP contribution < -0.4 is 5.73 Å². The molecule has 0 spiro atoms. The Balaban J connectivity index is 2.17. The molecule has 1 heterocycles. The minimum absolute atomic E-state index is 0.0693. The second-order valence-corrected chi connectivity index (χ2v) is 6.15. The Bertz CT molecular complexity index is 825. The highest BCUT2D eigenvalue weighted by molar-refractivity contribution is 9.10. The van der Waals surface area contributed by atoms with Crippen LogP contribution in [0.4, 0.5) is 5.69 Å². The first-order valence-electron chi connectivity index (χ1n) is 6.64. The number of hydrogen-bond donors (Lipinski definition) is 2. The van der Waals surface area contributed by atoms with Crippen LogP contribution in [-0.4, -0.2) is 10.1 Å². The summed E-state index contributed by atoms with van der Waals surface area (Å²) >= 11 is 3.27. The molecule has 0 unspecified atom stereocenters. The van der Waals surface area contributed by atoms with E-state index < -0.39 is 0 Å². The highest BCUT2D eigenvalue weighted by Gasteiger charge is 2.16. The van der Waals surface area contributed by atoms with Crippen molar-refractivity contribution in [3.63, 3.8) is 0 Å². The number of benzene rings is 2. The summed E-state index contributed by atoms with van der Waals surface area (Å²) in [6.07, 6.45) is 0. The Morgan fingerprint density at radius 3 is 2.71 bits per heavy atom. The van der Waals surface area contributed by atoms with Gasteiger partial charge in [0.25, 0.3) is 0 Å². The number of anilines is 1. The van der Waals surface area contributed by atoms with E-state index >= 15 is 0 Å². The van der Waals surface area contributed by atoms with Gasteiger partial charge in [0.1, 0.15) is 11.3 Å². The zero-order chi connectivity index (χ0) is 15.1. The van der Waals surface area contributed by atoms with Crippen molar-refractivity contribution >= 4 is 32.7 Å². The molecular formula is C16H15BrN2O2. The third-order valence-corrected chi connectivity index (χ3v) is 4.00. The summed E-state index contributed by atoms with van der Waals surface area (Å²) in [5.74, 6) is 0.848. The molecular weight excluding hydrogens is 332 g/mol. The molecule has 3 aromatic rings. The summed E-state index contributed by atoms with van der Waals surface area (Å²) in [4.78, 5) is 4.47. The highest BCUT2D eigenvalue weighted by Crippen LogP contribution is 2.38. The van der Waals surface area contributed by atoms with Gasteiger partial charge in [0.2, 0.25) is 5.89 Å². The molecule has 4 nitrogen and oxygen atoms in total. The Labute approximate surface area is 130 Å². The third kappa shape index (κ3) is 2.49. The van der Waals surface area contributed by atoms with Gasteiger partial charge >= 0.3 is 0 Å². The van der Waals surface area contributed by atoms with Gasteiger partial charge in [-0.25, -0.2) is 4.98 Å². The number of phenols is 1. The van der Waals surface area contributed by atoms with E-state index in [-0.39, 0.29) is 5.75 Å². The van der Waals surface area contributed by atoms with Crippen LogP contribution in [0.2, 0.25) is 0 Å². The SMILES string of the molecule is CC(C)c1ccc2oc(-c3cc(N)cc(Br)c3O)nc2c1. The maximum atomic E-state index is 10.1. The molecule has 0 saturated heterocycles. The Morgan fingerprint density at radius 1 is 1.24 bits per heavy atom. The van der Waals surface area contributed by atoms with Gasteiger partial charge in [0.05, 0.1) is 10.0 Å². The van der Waals surface area contributed by atoms with Crippen molar-refractivity contribution in [3.8, 4) is 17.2 Å². The zero-order valence-corrected chi connectivity index (χ0v) is 13.3. The Hall–Kier alpha value is -2.01. The molecule has 0 saturated carbocycles. The molecule has 0 bridgehead atoms. The van der Waals surface area contributed by atoms with Gasteiger partial charge in [0, 0.05) is 5.69 Å². The second kappa shape index (κ2) is 5.07. The van der Waals surface area contributed by atoms with Gasteiger partial charge in [0.15, 0.2) is 5.58 Å². The minimum atomic E-state index is 0.0693. The molecule has 2 aromatic carbocycles. The first-order valence-corrected chi connectivity index (χ1v) is 7.44. The smallest absolute Gasteiger partial charge is 0.231 e. The molecule has 108 valence electrons. The number of aromatic hydroxyl groups is 1. The number of halogens is 1. The summed E-state index contributed by atoms with van der Waals surface area (Å²) in [5.41, 5.74) is 9.47. The van der Waals surface area contributed by atoms with Crippen molar-refractivity contribution in [1.82, 2.24) is 4.98 Å². The number of phenolic OH excluding ortho intramolecular Hbond substituents is 1. The molecule has 0 aliphatic heterocycles. The number of oxazole rings is 1. The van der Waals surface area contributed by atoms with Crippen molar-refractivity contribution in [2.45, 2.75) is 19.8 Å². The molecule has 0 aliphatic carbocycles. The van der Waals surface area contributed by atoms with Gasteiger partial charge in [-0.15, -0.1) is 0 Å². The second-order valence-electron chi connectivity index (χ2n) is 5.30. The molecule has 3 N–H and O–H groups in total. The predicted octanol–water partition coefficient (Wildman–Crippen LogP) is 4.67. The maximum absolute atomic E-state index is 10.1. The van der Waals surface area contributed by atoms with Gasteiger partial charge in [-0.2, -0.15) is 0 Å². The summed E-state index contributed by atoms with van der Waals surface area (Å²) in [5, 5.41) is 10.1. The van der Waals surface area contributed by atoms with Crippen molar-refractivity contribution in [2.24, 2.45) is 0 Å². The van der Waals surface area contributed by atoms with Crippen LogP contribution in [0, 0.1) is 0 Å². The van der Waals surface area contributed by atoms with Crippen LogP contribution in [0.1, 0.15) is 25.3 Å². The number of fused-ring (bicyclic) bond motifs is 1. The average molecular weight is 347 g/mol. The van der Waals surface area contributed by atoms with E-state index in [2.05, 4.69) is 34.8 Å². The van der Waals surface area contributed by atoms with E-state index in [4.69, 9.17) is 10.2 Å². The first kappa shape index (κ1) is 13.9. The number of aromatic nitrogens is 1. The van der Waals surface area contributed by atoms with Crippen LogP contribution in [-0.2, 0) is 0 Å². The van der Waals surface area contributed by atoms with Crippen LogP contribution in [0.3, 0.4) is 0 Å². The summed E-state index contributed by atoms with van der Waals surface area (Å²) in [7, 11) is 0. The molecule has 21 heavy (non-hydrogen) atoms. The van der Waals surface area contributed by atoms with E-state index in [1.165, 1.54) is 5.56 Å². The van der Waals surface area contributed by atoms with Crippen molar-refractivity contribution in [3.05, 3.63) is 40.4 Å². The van der Waals surface area contributed by atoms with Gasteiger partial charge in [-0.3, -0.25) is 0 Å². The molecule has 5 heteroatoms. The lowest BCUT2D eigenvalue weighted by Gasteiger charge is -2.04. The summed E-state index contributed by atoms with van der Waals surface area (Å²) < 4.78 is 6.25.